The molecule has 2 aromatic rings. The summed E-state index contributed by atoms with van der Waals surface area (Å²) in [5.74, 6) is 0.464. The van der Waals surface area contributed by atoms with Crippen LogP contribution in [0.1, 0.15) is 18.4 Å². The Balaban J connectivity index is 1.70. The molecule has 1 saturated heterocycles. The van der Waals surface area contributed by atoms with E-state index in [-0.39, 0.29) is 11.7 Å². The minimum atomic E-state index is 0.195. The average Bonchev–Trinajstić information content (AvgIpc) is 2.92. The molecule has 1 aliphatic rings. The molecule has 3 rings (SSSR count). The Hall–Kier alpha value is -2.49. The van der Waals surface area contributed by atoms with Crippen LogP contribution in [0.5, 0.6) is 5.75 Å². The first-order chi connectivity index (χ1) is 10.2. The fraction of sp³-hybridized carbons (Fsp3) is 0.235. The van der Waals surface area contributed by atoms with Crippen LogP contribution in [0.4, 0.5) is 11.4 Å². The lowest BCUT2D eigenvalue weighted by Crippen LogP contribution is -2.23. The highest BCUT2D eigenvalue weighted by Crippen LogP contribution is 2.24. The number of hydrogen-bond acceptors (Lipinski definition) is 3. The maximum Gasteiger partial charge on any atom is 0.227 e. The first-order valence-corrected chi connectivity index (χ1v) is 7.14. The second kappa shape index (κ2) is 5.87. The molecule has 0 radical (unpaired) electrons. The van der Waals surface area contributed by atoms with Gasteiger partial charge >= 0.3 is 0 Å². The van der Waals surface area contributed by atoms with Gasteiger partial charge in [-0.15, -0.1) is 0 Å². The SMILES string of the molecule is O=C1CCCN1c1cccc(NCc2cccc(O)c2)c1. The number of nitrogens with zero attached hydrogens (tertiary/aromatic N) is 1. The molecular formula is C17H18N2O2. The van der Waals surface area contributed by atoms with Crippen molar-refractivity contribution >= 4 is 17.3 Å². The fourth-order valence-corrected chi connectivity index (χ4v) is 2.58. The second-order valence-corrected chi connectivity index (χ2v) is 5.22. The van der Waals surface area contributed by atoms with Gasteiger partial charge in [0, 0.05) is 30.9 Å². The number of carbonyl (C=O) groups is 1. The number of carbonyl (C=O) groups excluding carboxylic acids is 1. The first-order valence-electron chi connectivity index (χ1n) is 7.14. The van der Waals surface area contributed by atoms with E-state index in [4.69, 9.17) is 0 Å². The van der Waals surface area contributed by atoms with E-state index in [1.54, 1.807) is 12.1 Å². The predicted molar refractivity (Wildman–Crippen MR) is 83.5 cm³/mol. The van der Waals surface area contributed by atoms with Crippen LogP contribution >= 0.6 is 0 Å². The summed E-state index contributed by atoms with van der Waals surface area (Å²) in [7, 11) is 0. The standard InChI is InChI=1S/C17H18N2O2/c20-16-7-1-4-13(10-16)12-18-14-5-2-6-15(11-14)19-9-3-8-17(19)21/h1-2,4-7,10-11,18,20H,3,8-9,12H2. The molecule has 2 N–H and O–H groups in total. The molecule has 0 aromatic heterocycles. The van der Waals surface area contributed by atoms with Crippen molar-refractivity contribution in [2.45, 2.75) is 19.4 Å². The number of amides is 1. The lowest BCUT2D eigenvalue weighted by Gasteiger charge is -2.17. The largest absolute Gasteiger partial charge is 0.508 e. The third-order valence-corrected chi connectivity index (χ3v) is 3.64. The monoisotopic (exact) mass is 282 g/mol. The van der Waals surface area contributed by atoms with E-state index >= 15 is 0 Å². The van der Waals surface area contributed by atoms with Crippen molar-refractivity contribution in [3.05, 3.63) is 54.1 Å². The summed E-state index contributed by atoms with van der Waals surface area (Å²) in [6, 6.07) is 15.1. The van der Waals surface area contributed by atoms with E-state index in [2.05, 4.69) is 5.32 Å². The van der Waals surface area contributed by atoms with Crippen LogP contribution in [0.15, 0.2) is 48.5 Å². The fourth-order valence-electron chi connectivity index (χ4n) is 2.58. The van der Waals surface area contributed by atoms with Crippen LogP contribution in [0.3, 0.4) is 0 Å². The van der Waals surface area contributed by atoms with Crippen molar-refractivity contribution in [3.8, 4) is 5.75 Å². The smallest absolute Gasteiger partial charge is 0.227 e. The van der Waals surface area contributed by atoms with Crippen molar-refractivity contribution in [1.29, 1.82) is 0 Å². The molecule has 0 unspecified atom stereocenters. The van der Waals surface area contributed by atoms with Gasteiger partial charge < -0.3 is 15.3 Å². The highest BCUT2D eigenvalue weighted by Gasteiger charge is 2.21. The summed E-state index contributed by atoms with van der Waals surface area (Å²) in [5.41, 5.74) is 2.92. The van der Waals surface area contributed by atoms with E-state index in [1.165, 1.54) is 0 Å². The number of phenols is 1. The summed E-state index contributed by atoms with van der Waals surface area (Å²) in [6.07, 6.45) is 1.57. The molecule has 4 heteroatoms. The van der Waals surface area contributed by atoms with E-state index < -0.39 is 0 Å². The Kier molecular flexibility index (Phi) is 3.77. The van der Waals surface area contributed by atoms with Crippen LogP contribution < -0.4 is 10.2 Å². The Bertz CT molecular complexity index is 655. The normalized spacial score (nSPS) is 14.5. The average molecular weight is 282 g/mol. The maximum atomic E-state index is 11.8. The number of nitrogens with one attached hydrogen (secondary N) is 1. The van der Waals surface area contributed by atoms with Gasteiger partial charge in [-0.05, 0) is 42.3 Å². The lowest BCUT2D eigenvalue weighted by atomic mass is 10.2. The van der Waals surface area contributed by atoms with E-state index in [9.17, 15) is 9.90 Å². The maximum absolute atomic E-state index is 11.8. The summed E-state index contributed by atoms with van der Waals surface area (Å²) >= 11 is 0. The van der Waals surface area contributed by atoms with Crippen molar-refractivity contribution in [2.24, 2.45) is 0 Å². The van der Waals surface area contributed by atoms with Crippen LogP contribution in [-0.4, -0.2) is 17.6 Å². The molecule has 21 heavy (non-hydrogen) atoms. The molecule has 2 aromatic carbocycles. The van der Waals surface area contributed by atoms with Gasteiger partial charge in [-0.2, -0.15) is 0 Å². The van der Waals surface area contributed by atoms with Gasteiger partial charge in [-0.25, -0.2) is 0 Å². The molecular weight excluding hydrogens is 264 g/mol. The van der Waals surface area contributed by atoms with Crippen molar-refractivity contribution in [3.63, 3.8) is 0 Å². The number of aromatic hydroxyl groups is 1. The molecule has 4 nitrogen and oxygen atoms in total. The van der Waals surface area contributed by atoms with E-state index in [0.717, 1.165) is 29.9 Å². The molecule has 0 aliphatic carbocycles. The summed E-state index contributed by atoms with van der Waals surface area (Å²) < 4.78 is 0. The van der Waals surface area contributed by atoms with Crippen molar-refractivity contribution in [2.75, 3.05) is 16.8 Å². The first kappa shape index (κ1) is 13.5. The molecule has 1 aliphatic heterocycles. The molecule has 1 heterocycles. The molecule has 108 valence electrons. The molecule has 1 amide bonds. The van der Waals surface area contributed by atoms with Gasteiger partial charge in [-0.1, -0.05) is 18.2 Å². The molecule has 0 spiro atoms. The summed E-state index contributed by atoms with van der Waals surface area (Å²) in [5, 5.41) is 12.8. The van der Waals surface area contributed by atoms with Crippen LogP contribution in [0.2, 0.25) is 0 Å². The lowest BCUT2D eigenvalue weighted by molar-refractivity contribution is -0.117. The number of hydrogen-bond donors (Lipinski definition) is 2. The highest BCUT2D eigenvalue weighted by molar-refractivity contribution is 5.95. The zero-order valence-corrected chi connectivity index (χ0v) is 11.7. The zero-order chi connectivity index (χ0) is 14.7. The van der Waals surface area contributed by atoms with Gasteiger partial charge in [0.15, 0.2) is 0 Å². The van der Waals surface area contributed by atoms with Gasteiger partial charge in [0.25, 0.3) is 0 Å². The van der Waals surface area contributed by atoms with E-state index in [0.29, 0.717) is 13.0 Å². The van der Waals surface area contributed by atoms with Crippen LogP contribution in [0.25, 0.3) is 0 Å². The highest BCUT2D eigenvalue weighted by atomic mass is 16.3. The molecule has 0 saturated carbocycles. The zero-order valence-electron chi connectivity index (χ0n) is 11.7. The van der Waals surface area contributed by atoms with Crippen molar-refractivity contribution in [1.82, 2.24) is 0 Å². The number of phenolic OH excluding ortho intramolecular Hbond substituents is 1. The minimum Gasteiger partial charge on any atom is -0.508 e. The Morgan fingerprint density at radius 3 is 2.76 bits per heavy atom. The van der Waals surface area contributed by atoms with Gasteiger partial charge in [0.2, 0.25) is 5.91 Å². The number of benzene rings is 2. The Labute approximate surface area is 124 Å². The van der Waals surface area contributed by atoms with Crippen LogP contribution in [-0.2, 0) is 11.3 Å². The quantitative estimate of drug-likeness (QED) is 0.906. The Morgan fingerprint density at radius 1 is 1.14 bits per heavy atom. The predicted octanol–water partition coefficient (Wildman–Crippen LogP) is 3.13. The molecule has 1 fully saturated rings. The molecule has 0 atom stereocenters. The van der Waals surface area contributed by atoms with Gasteiger partial charge in [0.05, 0.1) is 0 Å². The third-order valence-electron chi connectivity index (χ3n) is 3.64. The van der Waals surface area contributed by atoms with E-state index in [1.807, 2.05) is 41.3 Å². The Morgan fingerprint density at radius 2 is 2.00 bits per heavy atom. The number of anilines is 2. The number of rotatable bonds is 4. The second-order valence-electron chi connectivity index (χ2n) is 5.22. The summed E-state index contributed by atoms with van der Waals surface area (Å²) in [6.45, 7) is 1.43. The van der Waals surface area contributed by atoms with Gasteiger partial charge in [-0.3, -0.25) is 4.79 Å². The third kappa shape index (κ3) is 3.16. The minimum absolute atomic E-state index is 0.195. The topological polar surface area (TPSA) is 52.6 Å². The molecule has 0 bridgehead atoms. The van der Waals surface area contributed by atoms with Gasteiger partial charge in [0.1, 0.15) is 5.75 Å². The van der Waals surface area contributed by atoms with Crippen molar-refractivity contribution < 1.29 is 9.90 Å². The summed E-state index contributed by atoms with van der Waals surface area (Å²) in [4.78, 5) is 13.6. The van der Waals surface area contributed by atoms with Crippen LogP contribution in [0, 0.1) is 0 Å².